The number of amides is 1. The van der Waals surface area contributed by atoms with Crippen molar-refractivity contribution >= 4 is 17.5 Å². The van der Waals surface area contributed by atoms with E-state index in [0.717, 1.165) is 11.1 Å². The molecule has 4 nitrogen and oxygen atoms in total. The zero-order chi connectivity index (χ0) is 17.6. The molecule has 0 saturated carbocycles. The normalized spacial score (nSPS) is 18.1. The third-order valence-corrected chi connectivity index (χ3v) is 4.41. The Hall–Kier alpha value is -1.95. The van der Waals surface area contributed by atoms with E-state index in [2.05, 4.69) is 10.2 Å². The lowest BCUT2D eigenvalue weighted by Gasteiger charge is -2.32. The van der Waals surface area contributed by atoms with Crippen molar-refractivity contribution in [3.63, 3.8) is 0 Å². The SMILES string of the molecule is O=C(CN1CCOC(c2ccc(F)cc2)C1)NCc1ccc(Cl)cc1. The summed E-state index contributed by atoms with van der Waals surface area (Å²) in [6.07, 6.45) is -0.140. The van der Waals surface area contributed by atoms with Crippen LogP contribution in [-0.2, 0) is 16.1 Å². The van der Waals surface area contributed by atoms with Crippen LogP contribution in [0.2, 0.25) is 5.02 Å². The maximum Gasteiger partial charge on any atom is 0.234 e. The predicted molar refractivity (Wildman–Crippen MR) is 94.8 cm³/mol. The number of hydrogen-bond acceptors (Lipinski definition) is 3. The number of benzene rings is 2. The lowest BCUT2D eigenvalue weighted by Crippen LogP contribution is -2.44. The molecule has 0 aliphatic carbocycles. The van der Waals surface area contributed by atoms with E-state index in [1.165, 1.54) is 12.1 Å². The molecule has 1 saturated heterocycles. The van der Waals surface area contributed by atoms with Crippen molar-refractivity contribution in [1.82, 2.24) is 10.2 Å². The van der Waals surface area contributed by atoms with Gasteiger partial charge in [0.25, 0.3) is 0 Å². The number of halogens is 2. The highest BCUT2D eigenvalue weighted by molar-refractivity contribution is 6.30. The first-order valence-electron chi connectivity index (χ1n) is 8.21. The molecule has 3 rings (SSSR count). The molecule has 0 bridgehead atoms. The predicted octanol–water partition coefficient (Wildman–Crippen LogP) is 3.17. The van der Waals surface area contributed by atoms with Gasteiger partial charge in [-0.05, 0) is 35.4 Å². The van der Waals surface area contributed by atoms with Gasteiger partial charge >= 0.3 is 0 Å². The minimum atomic E-state index is -0.266. The van der Waals surface area contributed by atoms with Crippen LogP contribution < -0.4 is 5.32 Å². The molecule has 1 atom stereocenters. The fourth-order valence-electron chi connectivity index (χ4n) is 2.79. The van der Waals surface area contributed by atoms with Gasteiger partial charge in [-0.3, -0.25) is 9.69 Å². The molecule has 6 heteroatoms. The van der Waals surface area contributed by atoms with Crippen LogP contribution in [0.15, 0.2) is 48.5 Å². The summed E-state index contributed by atoms with van der Waals surface area (Å²) in [5, 5.41) is 3.59. The second-order valence-electron chi connectivity index (χ2n) is 6.05. The monoisotopic (exact) mass is 362 g/mol. The van der Waals surface area contributed by atoms with Gasteiger partial charge in [0.2, 0.25) is 5.91 Å². The van der Waals surface area contributed by atoms with E-state index < -0.39 is 0 Å². The topological polar surface area (TPSA) is 41.6 Å². The van der Waals surface area contributed by atoms with Gasteiger partial charge in [0.15, 0.2) is 0 Å². The maximum atomic E-state index is 13.0. The minimum Gasteiger partial charge on any atom is -0.371 e. The van der Waals surface area contributed by atoms with Crippen molar-refractivity contribution in [3.05, 3.63) is 70.5 Å². The van der Waals surface area contributed by atoms with Crippen LogP contribution in [0, 0.1) is 5.82 Å². The van der Waals surface area contributed by atoms with Crippen molar-refractivity contribution < 1.29 is 13.9 Å². The van der Waals surface area contributed by atoms with Crippen molar-refractivity contribution in [3.8, 4) is 0 Å². The standard InChI is InChI=1S/C19H20ClFN2O2/c20-16-5-1-14(2-6-16)11-22-19(24)13-23-9-10-25-18(12-23)15-3-7-17(21)8-4-15/h1-8,18H,9-13H2,(H,22,24). The second-order valence-corrected chi connectivity index (χ2v) is 6.49. The molecule has 0 aromatic heterocycles. The Morgan fingerprint density at radius 1 is 1.20 bits per heavy atom. The van der Waals surface area contributed by atoms with E-state index in [4.69, 9.17) is 16.3 Å². The van der Waals surface area contributed by atoms with Crippen LogP contribution >= 0.6 is 11.6 Å². The number of hydrogen-bond donors (Lipinski definition) is 1. The largest absolute Gasteiger partial charge is 0.371 e. The average Bonchev–Trinajstić information content (AvgIpc) is 2.62. The molecule has 1 N–H and O–H groups in total. The molecule has 0 radical (unpaired) electrons. The highest BCUT2D eigenvalue weighted by atomic mass is 35.5. The highest BCUT2D eigenvalue weighted by Crippen LogP contribution is 2.22. The Labute approximate surface area is 151 Å². The molecule has 1 aliphatic rings. The van der Waals surface area contributed by atoms with Crippen LogP contribution in [0.25, 0.3) is 0 Å². The van der Waals surface area contributed by atoms with Gasteiger partial charge < -0.3 is 10.1 Å². The molecule has 1 unspecified atom stereocenters. The molecule has 1 amide bonds. The molecule has 1 heterocycles. The van der Waals surface area contributed by atoms with Crippen LogP contribution in [0.5, 0.6) is 0 Å². The zero-order valence-corrected chi connectivity index (χ0v) is 14.5. The van der Waals surface area contributed by atoms with E-state index >= 15 is 0 Å². The van der Waals surface area contributed by atoms with E-state index in [0.29, 0.717) is 37.8 Å². The van der Waals surface area contributed by atoms with Crippen molar-refractivity contribution in [1.29, 1.82) is 0 Å². The van der Waals surface area contributed by atoms with E-state index in [1.54, 1.807) is 24.3 Å². The number of carbonyl (C=O) groups is 1. The fraction of sp³-hybridized carbons (Fsp3) is 0.316. The van der Waals surface area contributed by atoms with Gasteiger partial charge in [-0.25, -0.2) is 4.39 Å². The molecule has 0 spiro atoms. The summed E-state index contributed by atoms with van der Waals surface area (Å²) in [6, 6.07) is 13.7. The highest BCUT2D eigenvalue weighted by Gasteiger charge is 2.23. The van der Waals surface area contributed by atoms with Gasteiger partial charge in [-0.15, -0.1) is 0 Å². The zero-order valence-electron chi connectivity index (χ0n) is 13.8. The molecule has 2 aromatic carbocycles. The number of carbonyl (C=O) groups excluding carboxylic acids is 1. The first kappa shape index (κ1) is 17.9. The quantitative estimate of drug-likeness (QED) is 0.888. The summed E-state index contributed by atoms with van der Waals surface area (Å²) in [5.41, 5.74) is 1.93. The van der Waals surface area contributed by atoms with Gasteiger partial charge in [-0.2, -0.15) is 0 Å². The number of nitrogens with zero attached hydrogens (tertiary/aromatic N) is 1. The maximum absolute atomic E-state index is 13.0. The van der Waals surface area contributed by atoms with Crippen molar-refractivity contribution in [2.45, 2.75) is 12.6 Å². The number of nitrogens with one attached hydrogen (secondary N) is 1. The molecule has 132 valence electrons. The van der Waals surface area contributed by atoms with Crippen molar-refractivity contribution in [2.24, 2.45) is 0 Å². The first-order valence-corrected chi connectivity index (χ1v) is 8.58. The van der Waals surface area contributed by atoms with Gasteiger partial charge in [-0.1, -0.05) is 35.9 Å². The third-order valence-electron chi connectivity index (χ3n) is 4.16. The lowest BCUT2D eigenvalue weighted by atomic mass is 10.1. The van der Waals surface area contributed by atoms with E-state index in [-0.39, 0.29) is 17.8 Å². The molecular weight excluding hydrogens is 343 g/mol. The molecule has 1 fully saturated rings. The number of morpholine rings is 1. The summed E-state index contributed by atoms with van der Waals surface area (Å²) in [6.45, 7) is 2.65. The van der Waals surface area contributed by atoms with E-state index in [1.807, 2.05) is 12.1 Å². The Kier molecular flexibility index (Phi) is 6.02. The smallest absolute Gasteiger partial charge is 0.234 e. The van der Waals surface area contributed by atoms with Crippen LogP contribution in [0.1, 0.15) is 17.2 Å². The van der Waals surface area contributed by atoms with Gasteiger partial charge in [0, 0.05) is 24.7 Å². The molecule has 25 heavy (non-hydrogen) atoms. The Morgan fingerprint density at radius 3 is 2.64 bits per heavy atom. The Morgan fingerprint density at radius 2 is 1.92 bits per heavy atom. The Balaban J connectivity index is 1.49. The van der Waals surface area contributed by atoms with Gasteiger partial charge in [0.1, 0.15) is 5.82 Å². The molecule has 2 aromatic rings. The number of ether oxygens (including phenoxy) is 1. The summed E-state index contributed by atoms with van der Waals surface area (Å²) in [7, 11) is 0. The first-order chi connectivity index (χ1) is 12.1. The Bertz CT molecular complexity index is 706. The summed E-state index contributed by atoms with van der Waals surface area (Å²) >= 11 is 5.85. The van der Waals surface area contributed by atoms with Crippen LogP contribution in [0.3, 0.4) is 0 Å². The minimum absolute atomic E-state index is 0.0327. The second kappa shape index (κ2) is 8.43. The van der Waals surface area contributed by atoms with Crippen molar-refractivity contribution in [2.75, 3.05) is 26.2 Å². The van der Waals surface area contributed by atoms with Crippen LogP contribution in [0.4, 0.5) is 4.39 Å². The molecular formula is C19H20ClFN2O2. The van der Waals surface area contributed by atoms with Crippen LogP contribution in [-0.4, -0.2) is 37.0 Å². The third kappa shape index (κ3) is 5.26. The van der Waals surface area contributed by atoms with E-state index in [9.17, 15) is 9.18 Å². The summed E-state index contributed by atoms with van der Waals surface area (Å²) < 4.78 is 18.8. The summed E-state index contributed by atoms with van der Waals surface area (Å²) in [4.78, 5) is 14.2. The number of rotatable bonds is 5. The lowest BCUT2D eigenvalue weighted by molar-refractivity contribution is -0.124. The van der Waals surface area contributed by atoms with Gasteiger partial charge in [0.05, 0.1) is 19.3 Å². The average molecular weight is 363 g/mol. The molecule has 1 aliphatic heterocycles. The summed E-state index contributed by atoms with van der Waals surface area (Å²) in [5.74, 6) is -0.298. The fourth-order valence-corrected chi connectivity index (χ4v) is 2.91.